The van der Waals surface area contributed by atoms with Gasteiger partial charge in [0, 0.05) is 25.5 Å². The number of ether oxygens (including phenoxy) is 1. The summed E-state index contributed by atoms with van der Waals surface area (Å²) in [4.78, 5) is 4.03. The van der Waals surface area contributed by atoms with E-state index in [4.69, 9.17) is 10.5 Å². The number of nitrogens with two attached hydrogens (primary N) is 1. The molecule has 100 valence electrons. The molecule has 2 atom stereocenters. The van der Waals surface area contributed by atoms with Gasteiger partial charge in [-0.3, -0.25) is 0 Å². The van der Waals surface area contributed by atoms with Gasteiger partial charge in [-0.05, 0) is 49.4 Å². The van der Waals surface area contributed by atoms with E-state index in [2.05, 4.69) is 17.2 Å². The number of pyridine rings is 1. The summed E-state index contributed by atoms with van der Waals surface area (Å²) in [6.45, 7) is 4.99. The van der Waals surface area contributed by atoms with E-state index < -0.39 is 0 Å². The number of nitrogen functional groups attached to an aromatic ring is 1. The van der Waals surface area contributed by atoms with Gasteiger partial charge in [0.15, 0.2) is 0 Å². The largest absolute Gasteiger partial charge is 0.384 e. The number of aromatic nitrogens is 1. The molecule has 0 spiro atoms. The van der Waals surface area contributed by atoms with Crippen LogP contribution in [-0.4, -0.2) is 30.8 Å². The zero-order valence-corrected chi connectivity index (χ0v) is 11.1. The average molecular weight is 249 g/mol. The molecule has 0 radical (unpaired) electrons. The molecule has 4 nitrogen and oxygen atoms in total. The van der Waals surface area contributed by atoms with Crippen molar-refractivity contribution >= 4 is 5.82 Å². The summed E-state index contributed by atoms with van der Waals surface area (Å²) in [5.74, 6) is 1.31. The number of likely N-dealkylation sites (N-methyl/N-ethyl adjacent to an activating group) is 1. The summed E-state index contributed by atoms with van der Waals surface area (Å²) >= 11 is 0. The van der Waals surface area contributed by atoms with Crippen molar-refractivity contribution in [3.8, 4) is 0 Å². The predicted octanol–water partition coefficient (Wildman–Crippen LogP) is 1.61. The minimum atomic E-state index is 0.503. The van der Waals surface area contributed by atoms with Crippen molar-refractivity contribution in [3.05, 3.63) is 23.9 Å². The first-order valence-electron chi connectivity index (χ1n) is 6.79. The summed E-state index contributed by atoms with van der Waals surface area (Å²) in [6, 6.07) is 4.52. The number of rotatable bonds is 6. The maximum atomic E-state index is 5.72. The minimum Gasteiger partial charge on any atom is -0.384 e. The van der Waals surface area contributed by atoms with Crippen LogP contribution >= 0.6 is 0 Å². The van der Waals surface area contributed by atoms with Crippen LogP contribution in [0.15, 0.2) is 18.3 Å². The van der Waals surface area contributed by atoms with E-state index in [0.29, 0.717) is 17.8 Å². The number of anilines is 1. The van der Waals surface area contributed by atoms with Crippen molar-refractivity contribution in [2.24, 2.45) is 5.92 Å². The fraction of sp³-hybridized carbons (Fsp3) is 0.643. The molecule has 18 heavy (non-hydrogen) atoms. The van der Waals surface area contributed by atoms with Gasteiger partial charge in [-0.15, -0.1) is 0 Å². The van der Waals surface area contributed by atoms with Crippen molar-refractivity contribution in [3.63, 3.8) is 0 Å². The lowest BCUT2D eigenvalue weighted by molar-refractivity contribution is 0.181. The Bertz CT molecular complexity index is 364. The first-order chi connectivity index (χ1) is 8.78. The van der Waals surface area contributed by atoms with E-state index in [-0.39, 0.29) is 0 Å². The second kappa shape index (κ2) is 6.71. The Morgan fingerprint density at radius 1 is 1.61 bits per heavy atom. The van der Waals surface area contributed by atoms with Crippen molar-refractivity contribution in [2.75, 3.05) is 25.5 Å². The smallest absolute Gasteiger partial charge is 0.123 e. The van der Waals surface area contributed by atoms with Crippen LogP contribution < -0.4 is 11.1 Å². The summed E-state index contributed by atoms with van der Waals surface area (Å²) in [5, 5.41) is 3.56. The molecule has 0 saturated carbocycles. The van der Waals surface area contributed by atoms with Gasteiger partial charge >= 0.3 is 0 Å². The molecule has 1 aromatic rings. The zero-order chi connectivity index (χ0) is 12.8. The third-order valence-electron chi connectivity index (χ3n) is 3.46. The van der Waals surface area contributed by atoms with Crippen LogP contribution in [0.2, 0.25) is 0 Å². The highest BCUT2D eigenvalue weighted by Gasteiger charge is 2.20. The number of nitrogens with zero attached hydrogens (tertiary/aromatic N) is 1. The first-order valence-corrected chi connectivity index (χ1v) is 6.79. The Hall–Kier alpha value is -1.13. The Morgan fingerprint density at radius 2 is 2.50 bits per heavy atom. The molecular formula is C14H23N3O. The van der Waals surface area contributed by atoms with E-state index in [0.717, 1.165) is 26.2 Å². The van der Waals surface area contributed by atoms with Crippen LogP contribution in [-0.2, 0) is 11.2 Å². The monoisotopic (exact) mass is 249 g/mol. The van der Waals surface area contributed by atoms with E-state index in [9.17, 15) is 0 Å². The van der Waals surface area contributed by atoms with Crippen LogP contribution in [0, 0.1) is 5.92 Å². The quantitative estimate of drug-likeness (QED) is 0.804. The normalized spacial score (nSPS) is 21.1. The maximum absolute atomic E-state index is 5.72. The van der Waals surface area contributed by atoms with Crippen molar-refractivity contribution in [2.45, 2.75) is 32.2 Å². The Morgan fingerprint density at radius 3 is 3.17 bits per heavy atom. The summed E-state index contributed by atoms with van der Waals surface area (Å²) in [6.07, 6.45) is 5.17. The van der Waals surface area contributed by atoms with Gasteiger partial charge in [0.1, 0.15) is 5.82 Å². The molecule has 1 aliphatic rings. The predicted molar refractivity (Wildman–Crippen MR) is 73.4 cm³/mol. The number of hydrogen-bond donors (Lipinski definition) is 2. The second-order valence-electron chi connectivity index (χ2n) is 5.01. The van der Waals surface area contributed by atoms with Gasteiger partial charge in [-0.1, -0.05) is 6.92 Å². The van der Waals surface area contributed by atoms with Crippen LogP contribution in [0.5, 0.6) is 0 Å². The van der Waals surface area contributed by atoms with Crippen molar-refractivity contribution in [1.29, 1.82) is 0 Å². The number of hydrogen-bond acceptors (Lipinski definition) is 4. The molecule has 0 bridgehead atoms. The van der Waals surface area contributed by atoms with Gasteiger partial charge < -0.3 is 15.8 Å². The summed E-state index contributed by atoms with van der Waals surface area (Å²) in [5.41, 5.74) is 6.98. The second-order valence-corrected chi connectivity index (χ2v) is 5.01. The average Bonchev–Trinajstić information content (AvgIpc) is 2.82. The standard InChI is InChI=1S/C14H23N3O/c1-2-16-13(8-12-4-6-18-10-12)7-11-3-5-17-14(15)9-11/h3,5,9,12-13,16H,2,4,6-8,10H2,1H3,(H2,15,17). The summed E-state index contributed by atoms with van der Waals surface area (Å²) < 4.78 is 5.45. The lowest BCUT2D eigenvalue weighted by atomic mass is 9.95. The van der Waals surface area contributed by atoms with Crippen LogP contribution in [0.3, 0.4) is 0 Å². The molecule has 2 rings (SSSR count). The molecule has 1 aromatic heterocycles. The van der Waals surface area contributed by atoms with Crippen molar-refractivity contribution in [1.82, 2.24) is 10.3 Å². The van der Waals surface area contributed by atoms with Crippen molar-refractivity contribution < 1.29 is 4.74 Å². The third kappa shape index (κ3) is 3.96. The minimum absolute atomic E-state index is 0.503. The molecule has 2 unspecified atom stereocenters. The third-order valence-corrected chi connectivity index (χ3v) is 3.46. The highest BCUT2D eigenvalue weighted by molar-refractivity contribution is 5.32. The topological polar surface area (TPSA) is 60.2 Å². The molecule has 1 aliphatic heterocycles. The van der Waals surface area contributed by atoms with E-state index in [1.807, 2.05) is 12.1 Å². The molecular weight excluding hydrogens is 226 g/mol. The van der Waals surface area contributed by atoms with E-state index in [1.54, 1.807) is 6.20 Å². The zero-order valence-electron chi connectivity index (χ0n) is 11.1. The molecule has 1 fully saturated rings. The first kappa shape index (κ1) is 13.3. The molecule has 3 N–H and O–H groups in total. The van der Waals surface area contributed by atoms with E-state index >= 15 is 0 Å². The van der Waals surface area contributed by atoms with Crippen LogP contribution in [0.1, 0.15) is 25.3 Å². The Balaban J connectivity index is 1.92. The molecule has 4 heteroatoms. The molecule has 0 aromatic carbocycles. The Kier molecular flexibility index (Phi) is 4.96. The van der Waals surface area contributed by atoms with Crippen LogP contribution in [0.25, 0.3) is 0 Å². The van der Waals surface area contributed by atoms with Gasteiger partial charge in [-0.2, -0.15) is 0 Å². The van der Waals surface area contributed by atoms with Gasteiger partial charge in [0.2, 0.25) is 0 Å². The van der Waals surface area contributed by atoms with Gasteiger partial charge in [0.25, 0.3) is 0 Å². The fourth-order valence-corrected chi connectivity index (χ4v) is 2.60. The molecule has 1 saturated heterocycles. The number of nitrogens with one attached hydrogen (secondary N) is 1. The highest BCUT2D eigenvalue weighted by Crippen LogP contribution is 2.20. The molecule has 2 heterocycles. The van der Waals surface area contributed by atoms with Gasteiger partial charge in [-0.25, -0.2) is 4.98 Å². The highest BCUT2D eigenvalue weighted by atomic mass is 16.5. The lowest BCUT2D eigenvalue weighted by Crippen LogP contribution is -2.33. The lowest BCUT2D eigenvalue weighted by Gasteiger charge is -2.21. The van der Waals surface area contributed by atoms with Crippen LogP contribution in [0.4, 0.5) is 5.82 Å². The molecule has 0 amide bonds. The SMILES string of the molecule is CCNC(Cc1ccnc(N)c1)CC1CCOC1. The van der Waals surface area contributed by atoms with Gasteiger partial charge in [0.05, 0.1) is 0 Å². The fourth-order valence-electron chi connectivity index (χ4n) is 2.60. The molecule has 0 aliphatic carbocycles. The summed E-state index contributed by atoms with van der Waals surface area (Å²) in [7, 11) is 0. The van der Waals surface area contributed by atoms with E-state index in [1.165, 1.54) is 18.4 Å². The Labute approximate surface area is 109 Å². The maximum Gasteiger partial charge on any atom is 0.123 e.